The molecular formula is C19H21ClN4O3. The van der Waals surface area contributed by atoms with Crippen LogP contribution in [0.1, 0.15) is 16.3 Å². The van der Waals surface area contributed by atoms with Gasteiger partial charge in [0.15, 0.2) is 5.76 Å². The van der Waals surface area contributed by atoms with Gasteiger partial charge in [0.05, 0.1) is 18.4 Å². The molecule has 0 saturated carbocycles. The lowest BCUT2D eigenvalue weighted by Crippen LogP contribution is -2.18. The van der Waals surface area contributed by atoms with Crippen LogP contribution in [0, 0.1) is 0 Å². The summed E-state index contributed by atoms with van der Waals surface area (Å²) in [4.78, 5) is 14.4. The number of likely N-dealkylation sites (N-methyl/N-ethyl adjacent to an activating group) is 1. The van der Waals surface area contributed by atoms with Gasteiger partial charge < -0.3 is 19.4 Å². The summed E-state index contributed by atoms with van der Waals surface area (Å²) in [5, 5.41) is 7.64. The fourth-order valence-corrected chi connectivity index (χ4v) is 2.43. The minimum atomic E-state index is -0.333. The number of nitrogens with zero attached hydrogens (tertiary/aromatic N) is 3. The highest BCUT2D eigenvalue weighted by Crippen LogP contribution is 2.18. The highest BCUT2D eigenvalue weighted by Gasteiger charge is 2.13. The third-order valence-corrected chi connectivity index (χ3v) is 4.00. The van der Waals surface area contributed by atoms with E-state index in [-0.39, 0.29) is 18.3 Å². The maximum absolute atomic E-state index is 12.3. The van der Waals surface area contributed by atoms with Crippen LogP contribution in [0.4, 0.5) is 5.69 Å². The highest BCUT2D eigenvalue weighted by atomic mass is 35.5. The molecule has 0 spiro atoms. The predicted molar refractivity (Wildman–Crippen MR) is 103 cm³/mol. The number of furan rings is 1. The standard InChI is InChI=1S/C19H21ClN4O3/c1-23(2)9-10-24-12-15(11-21-24)22-19(25)18-8-7-17(27-18)13-26-16-5-3-14(20)4-6-16/h3-8,11-12H,9-10,13H2,1-2H3,(H,22,25). The molecule has 8 heteroatoms. The van der Waals surface area contributed by atoms with Crippen molar-refractivity contribution in [1.29, 1.82) is 0 Å². The third-order valence-electron chi connectivity index (χ3n) is 3.75. The number of benzene rings is 1. The Bertz CT molecular complexity index is 887. The van der Waals surface area contributed by atoms with Crippen molar-refractivity contribution in [3.05, 3.63) is 65.3 Å². The molecule has 1 amide bonds. The first kappa shape index (κ1) is 19.0. The van der Waals surface area contributed by atoms with Gasteiger partial charge in [-0.05, 0) is 50.5 Å². The number of ether oxygens (including phenoxy) is 1. The van der Waals surface area contributed by atoms with Crippen molar-refractivity contribution >= 4 is 23.2 Å². The number of nitrogens with one attached hydrogen (secondary N) is 1. The zero-order valence-corrected chi connectivity index (χ0v) is 15.9. The molecular weight excluding hydrogens is 368 g/mol. The Morgan fingerprint density at radius 3 is 2.78 bits per heavy atom. The molecule has 0 atom stereocenters. The molecule has 2 heterocycles. The molecule has 0 aliphatic heterocycles. The summed E-state index contributed by atoms with van der Waals surface area (Å²) in [6, 6.07) is 10.4. The average molecular weight is 389 g/mol. The first-order valence-corrected chi connectivity index (χ1v) is 8.83. The minimum absolute atomic E-state index is 0.214. The van der Waals surface area contributed by atoms with Crippen molar-refractivity contribution in [2.75, 3.05) is 26.0 Å². The van der Waals surface area contributed by atoms with E-state index in [9.17, 15) is 4.79 Å². The van der Waals surface area contributed by atoms with Crippen LogP contribution in [-0.2, 0) is 13.2 Å². The molecule has 0 bridgehead atoms. The van der Waals surface area contributed by atoms with Crippen LogP contribution in [0.2, 0.25) is 5.02 Å². The van der Waals surface area contributed by atoms with Crippen LogP contribution < -0.4 is 10.1 Å². The monoisotopic (exact) mass is 388 g/mol. The maximum atomic E-state index is 12.3. The van der Waals surface area contributed by atoms with E-state index >= 15 is 0 Å². The molecule has 7 nitrogen and oxygen atoms in total. The Balaban J connectivity index is 1.53. The van der Waals surface area contributed by atoms with Crippen molar-refractivity contribution in [3.8, 4) is 5.75 Å². The molecule has 0 aliphatic carbocycles. The van der Waals surface area contributed by atoms with Crippen LogP contribution in [0.3, 0.4) is 0 Å². The van der Waals surface area contributed by atoms with Gasteiger partial charge in [-0.3, -0.25) is 9.48 Å². The van der Waals surface area contributed by atoms with Crippen LogP contribution in [0.5, 0.6) is 5.75 Å². The Morgan fingerprint density at radius 2 is 2.04 bits per heavy atom. The summed E-state index contributed by atoms with van der Waals surface area (Å²) < 4.78 is 12.9. The van der Waals surface area contributed by atoms with Gasteiger partial charge in [-0.15, -0.1) is 0 Å². The van der Waals surface area contributed by atoms with Crippen LogP contribution in [0.25, 0.3) is 0 Å². The number of carbonyl (C=O) groups excluding carboxylic acids is 1. The largest absolute Gasteiger partial charge is 0.486 e. The van der Waals surface area contributed by atoms with E-state index in [1.807, 2.05) is 14.1 Å². The number of hydrogen-bond acceptors (Lipinski definition) is 5. The van der Waals surface area contributed by atoms with Gasteiger partial charge in [0, 0.05) is 17.8 Å². The van der Waals surface area contributed by atoms with Crippen molar-refractivity contribution < 1.29 is 13.9 Å². The Hall–Kier alpha value is -2.77. The summed E-state index contributed by atoms with van der Waals surface area (Å²) in [7, 11) is 3.99. The summed E-state index contributed by atoms with van der Waals surface area (Å²) in [5.74, 6) is 1.11. The predicted octanol–water partition coefficient (Wildman–Crippen LogP) is 3.52. The molecule has 0 saturated heterocycles. The lowest BCUT2D eigenvalue weighted by molar-refractivity contribution is 0.0992. The normalized spacial score (nSPS) is 11.0. The molecule has 27 heavy (non-hydrogen) atoms. The quantitative estimate of drug-likeness (QED) is 0.639. The fourth-order valence-electron chi connectivity index (χ4n) is 2.31. The second kappa shape index (κ2) is 8.75. The molecule has 0 unspecified atom stereocenters. The SMILES string of the molecule is CN(C)CCn1cc(NC(=O)c2ccc(COc3ccc(Cl)cc3)o2)cn1. The van der Waals surface area contributed by atoms with Crippen LogP contribution in [0.15, 0.2) is 53.2 Å². The molecule has 3 aromatic rings. The zero-order valence-electron chi connectivity index (χ0n) is 15.2. The summed E-state index contributed by atoms with van der Waals surface area (Å²) >= 11 is 5.84. The van der Waals surface area contributed by atoms with Gasteiger partial charge in [-0.25, -0.2) is 0 Å². The summed E-state index contributed by atoms with van der Waals surface area (Å²) in [5.41, 5.74) is 0.620. The highest BCUT2D eigenvalue weighted by molar-refractivity contribution is 6.30. The van der Waals surface area contributed by atoms with E-state index in [2.05, 4.69) is 15.3 Å². The molecule has 142 valence electrons. The number of halogens is 1. The topological polar surface area (TPSA) is 72.5 Å². The van der Waals surface area contributed by atoms with E-state index in [4.69, 9.17) is 20.8 Å². The van der Waals surface area contributed by atoms with Crippen molar-refractivity contribution in [2.45, 2.75) is 13.2 Å². The third kappa shape index (κ3) is 5.60. The number of rotatable bonds is 8. The van der Waals surface area contributed by atoms with Crippen LogP contribution in [-0.4, -0.2) is 41.2 Å². The lowest BCUT2D eigenvalue weighted by atomic mass is 10.3. The average Bonchev–Trinajstić information content (AvgIpc) is 3.29. The zero-order chi connectivity index (χ0) is 19.2. The number of aromatic nitrogens is 2. The van der Waals surface area contributed by atoms with Gasteiger partial charge in [0.25, 0.3) is 5.91 Å². The second-order valence-electron chi connectivity index (χ2n) is 6.26. The Labute approximate surface area is 162 Å². The van der Waals surface area contributed by atoms with Crippen molar-refractivity contribution in [3.63, 3.8) is 0 Å². The first-order chi connectivity index (χ1) is 13.0. The second-order valence-corrected chi connectivity index (χ2v) is 6.69. The molecule has 3 rings (SSSR count). The molecule has 1 N–H and O–H groups in total. The maximum Gasteiger partial charge on any atom is 0.291 e. The van der Waals surface area contributed by atoms with Gasteiger partial charge in [-0.2, -0.15) is 5.10 Å². The first-order valence-electron chi connectivity index (χ1n) is 8.45. The van der Waals surface area contributed by atoms with Crippen molar-refractivity contribution in [1.82, 2.24) is 14.7 Å². The molecule has 0 radical (unpaired) electrons. The minimum Gasteiger partial charge on any atom is -0.486 e. The van der Waals surface area contributed by atoms with E-state index in [1.54, 1.807) is 53.5 Å². The molecule has 0 aliphatic rings. The molecule has 0 fully saturated rings. The van der Waals surface area contributed by atoms with Gasteiger partial charge in [-0.1, -0.05) is 11.6 Å². The van der Waals surface area contributed by atoms with E-state index in [1.165, 1.54) is 0 Å². The Kier molecular flexibility index (Phi) is 6.16. The van der Waals surface area contributed by atoms with E-state index in [0.717, 1.165) is 13.1 Å². The summed E-state index contributed by atoms with van der Waals surface area (Å²) in [6.07, 6.45) is 3.40. The van der Waals surface area contributed by atoms with E-state index < -0.39 is 0 Å². The number of hydrogen-bond donors (Lipinski definition) is 1. The fraction of sp³-hybridized carbons (Fsp3) is 0.263. The van der Waals surface area contributed by atoms with Gasteiger partial charge >= 0.3 is 0 Å². The van der Waals surface area contributed by atoms with Crippen LogP contribution >= 0.6 is 11.6 Å². The lowest BCUT2D eigenvalue weighted by Gasteiger charge is -2.08. The van der Waals surface area contributed by atoms with E-state index in [0.29, 0.717) is 22.2 Å². The smallest absolute Gasteiger partial charge is 0.291 e. The Morgan fingerprint density at radius 1 is 1.26 bits per heavy atom. The van der Waals surface area contributed by atoms with Crippen molar-refractivity contribution in [2.24, 2.45) is 0 Å². The summed E-state index contributed by atoms with van der Waals surface area (Å²) in [6.45, 7) is 1.83. The molecule has 2 aromatic heterocycles. The van der Waals surface area contributed by atoms with Gasteiger partial charge in [0.2, 0.25) is 0 Å². The number of carbonyl (C=O) groups is 1. The van der Waals surface area contributed by atoms with Gasteiger partial charge in [0.1, 0.15) is 18.1 Å². The number of anilines is 1. The molecule has 1 aromatic carbocycles. The number of amides is 1.